The molecule has 21 heavy (non-hydrogen) atoms. The van der Waals surface area contributed by atoms with E-state index in [1.165, 1.54) is 0 Å². The second kappa shape index (κ2) is 6.47. The normalized spacial score (nSPS) is 17.6. The van der Waals surface area contributed by atoms with E-state index in [9.17, 15) is 4.79 Å². The summed E-state index contributed by atoms with van der Waals surface area (Å²) in [6.07, 6.45) is 2.61. The monoisotopic (exact) mass is 326 g/mol. The van der Waals surface area contributed by atoms with E-state index < -0.39 is 0 Å². The number of amides is 1. The summed E-state index contributed by atoms with van der Waals surface area (Å²) < 4.78 is 1.65. The molecule has 0 saturated carbocycles. The summed E-state index contributed by atoms with van der Waals surface area (Å²) in [7, 11) is 0. The molecule has 3 rings (SSSR count). The highest BCUT2D eigenvalue weighted by Gasteiger charge is 2.25. The third-order valence-corrected chi connectivity index (χ3v) is 3.63. The van der Waals surface area contributed by atoms with E-state index in [0.29, 0.717) is 23.8 Å². The molecule has 1 atom stereocenters. The third-order valence-electron chi connectivity index (χ3n) is 3.39. The maximum atomic E-state index is 12.3. The maximum absolute atomic E-state index is 12.3. The lowest BCUT2D eigenvalue weighted by Crippen LogP contribution is -2.32. The molecule has 1 amide bonds. The highest BCUT2D eigenvalue weighted by Crippen LogP contribution is 2.16. The van der Waals surface area contributed by atoms with Crippen LogP contribution in [0.5, 0.6) is 0 Å². The summed E-state index contributed by atoms with van der Waals surface area (Å²) in [5.74, 6) is -0.0706. The van der Waals surface area contributed by atoms with Crippen molar-refractivity contribution in [2.45, 2.75) is 12.5 Å². The number of hydrogen-bond donors (Lipinski definition) is 1. The van der Waals surface area contributed by atoms with Gasteiger partial charge in [-0.2, -0.15) is 5.10 Å². The van der Waals surface area contributed by atoms with Crippen molar-refractivity contribution in [2.75, 3.05) is 13.1 Å². The first kappa shape index (κ1) is 15.8. The van der Waals surface area contributed by atoms with Crippen molar-refractivity contribution < 1.29 is 4.79 Å². The van der Waals surface area contributed by atoms with Gasteiger partial charge in [0.05, 0.1) is 5.69 Å². The Kier molecular flexibility index (Phi) is 4.88. The molecule has 2 aromatic rings. The Morgan fingerprint density at radius 1 is 1.38 bits per heavy atom. The fourth-order valence-corrected chi connectivity index (χ4v) is 2.52. The molecule has 1 aliphatic heterocycles. The number of aromatic nitrogens is 2. The molecule has 0 bridgehead atoms. The molecule has 2 heterocycles. The molecule has 0 unspecified atom stereocenters. The molecule has 0 radical (unpaired) electrons. The van der Waals surface area contributed by atoms with Crippen LogP contribution in [-0.2, 0) is 0 Å². The standard InChI is InChI=1S/C14H15ClN4O.ClH/c15-10-2-1-3-12(8-10)19-7-5-13(17-19)14(20)18-6-4-11(16)9-18;/h1-3,5,7-8,11H,4,6,9,16H2;1H/t11-;/m1./s1. The van der Waals surface area contributed by atoms with Crippen LogP contribution >= 0.6 is 24.0 Å². The molecule has 112 valence electrons. The van der Waals surface area contributed by atoms with Gasteiger partial charge in [-0.15, -0.1) is 12.4 Å². The number of rotatable bonds is 2. The predicted molar refractivity (Wildman–Crippen MR) is 84.3 cm³/mol. The summed E-state index contributed by atoms with van der Waals surface area (Å²) in [5.41, 5.74) is 7.08. The van der Waals surface area contributed by atoms with E-state index >= 15 is 0 Å². The van der Waals surface area contributed by atoms with Crippen molar-refractivity contribution in [1.29, 1.82) is 0 Å². The molecule has 1 aromatic carbocycles. The van der Waals surface area contributed by atoms with Crippen LogP contribution in [0.4, 0.5) is 0 Å². The van der Waals surface area contributed by atoms with Crippen molar-refractivity contribution >= 4 is 29.9 Å². The second-order valence-corrected chi connectivity index (χ2v) is 5.36. The highest BCUT2D eigenvalue weighted by molar-refractivity contribution is 6.30. The Bertz CT molecular complexity index is 643. The van der Waals surface area contributed by atoms with Crippen molar-refractivity contribution in [1.82, 2.24) is 14.7 Å². The van der Waals surface area contributed by atoms with Crippen LogP contribution in [0.15, 0.2) is 36.5 Å². The molecule has 1 fully saturated rings. The first-order valence-electron chi connectivity index (χ1n) is 6.50. The Balaban J connectivity index is 0.00000161. The van der Waals surface area contributed by atoms with Gasteiger partial charge >= 0.3 is 0 Å². The first-order chi connectivity index (χ1) is 9.63. The number of benzene rings is 1. The van der Waals surface area contributed by atoms with Crippen LogP contribution < -0.4 is 5.73 Å². The van der Waals surface area contributed by atoms with Crippen LogP contribution in [0.3, 0.4) is 0 Å². The van der Waals surface area contributed by atoms with E-state index in [0.717, 1.165) is 12.1 Å². The van der Waals surface area contributed by atoms with Gasteiger partial charge in [0, 0.05) is 30.4 Å². The second-order valence-electron chi connectivity index (χ2n) is 4.93. The quantitative estimate of drug-likeness (QED) is 0.919. The molecule has 1 aliphatic rings. The Hall–Kier alpha value is -1.56. The van der Waals surface area contributed by atoms with Gasteiger partial charge in [-0.05, 0) is 30.7 Å². The summed E-state index contributed by atoms with van der Waals surface area (Å²) >= 11 is 5.95. The van der Waals surface area contributed by atoms with Gasteiger partial charge < -0.3 is 10.6 Å². The number of carbonyl (C=O) groups is 1. The van der Waals surface area contributed by atoms with Gasteiger partial charge in [0.1, 0.15) is 0 Å². The summed E-state index contributed by atoms with van der Waals surface area (Å²) in [4.78, 5) is 14.0. The molecule has 5 nitrogen and oxygen atoms in total. The highest BCUT2D eigenvalue weighted by atomic mass is 35.5. The van der Waals surface area contributed by atoms with Gasteiger partial charge in [-0.3, -0.25) is 4.79 Å². The van der Waals surface area contributed by atoms with E-state index in [2.05, 4.69) is 5.10 Å². The largest absolute Gasteiger partial charge is 0.336 e. The molecule has 7 heteroatoms. The number of hydrogen-bond acceptors (Lipinski definition) is 3. The average Bonchev–Trinajstić information content (AvgIpc) is 3.07. The number of halogens is 2. The molecule has 2 N–H and O–H groups in total. The van der Waals surface area contributed by atoms with Crippen LogP contribution in [0.1, 0.15) is 16.9 Å². The van der Waals surface area contributed by atoms with Crippen LogP contribution in [-0.4, -0.2) is 39.7 Å². The number of nitrogens with zero attached hydrogens (tertiary/aromatic N) is 3. The Labute approximate surface area is 134 Å². The Morgan fingerprint density at radius 3 is 2.86 bits per heavy atom. The molecule has 1 saturated heterocycles. The minimum absolute atomic E-state index is 0. The van der Waals surface area contributed by atoms with Gasteiger partial charge in [-0.1, -0.05) is 17.7 Å². The number of likely N-dealkylation sites (tertiary alicyclic amines) is 1. The summed E-state index contributed by atoms with van der Waals surface area (Å²) in [6, 6.07) is 9.13. The third kappa shape index (κ3) is 3.37. The fourth-order valence-electron chi connectivity index (χ4n) is 2.33. The zero-order chi connectivity index (χ0) is 14.1. The van der Waals surface area contributed by atoms with Gasteiger partial charge in [0.2, 0.25) is 0 Å². The van der Waals surface area contributed by atoms with Crippen LogP contribution in [0.2, 0.25) is 5.02 Å². The predicted octanol–water partition coefficient (Wildman–Crippen LogP) is 2.12. The van der Waals surface area contributed by atoms with E-state index in [4.69, 9.17) is 17.3 Å². The smallest absolute Gasteiger partial charge is 0.274 e. The molecular weight excluding hydrogens is 311 g/mol. The SMILES string of the molecule is Cl.N[C@@H]1CCN(C(=O)c2ccn(-c3cccc(Cl)c3)n2)C1. The lowest BCUT2D eigenvalue weighted by atomic mass is 10.3. The molecular formula is C14H16Cl2N4O. The number of nitrogens with two attached hydrogens (primary N) is 1. The minimum Gasteiger partial charge on any atom is -0.336 e. The van der Waals surface area contributed by atoms with Crippen molar-refractivity contribution in [3.63, 3.8) is 0 Å². The van der Waals surface area contributed by atoms with E-state index in [1.54, 1.807) is 34.0 Å². The average molecular weight is 327 g/mol. The van der Waals surface area contributed by atoms with Crippen LogP contribution in [0, 0.1) is 0 Å². The van der Waals surface area contributed by atoms with Gasteiger partial charge in [0.15, 0.2) is 5.69 Å². The topological polar surface area (TPSA) is 64.2 Å². The Morgan fingerprint density at radius 2 is 2.19 bits per heavy atom. The lowest BCUT2D eigenvalue weighted by molar-refractivity contribution is 0.0784. The zero-order valence-corrected chi connectivity index (χ0v) is 12.8. The summed E-state index contributed by atoms with van der Waals surface area (Å²) in [6.45, 7) is 1.30. The summed E-state index contributed by atoms with van der Waals surface area (Å²) in [5, 5.41) is 4.95. The van der Waals surface area contributed by atoms with Gasteiger partial charge in [0.25, 0.3) is 5.91 Å². The lowest BCUT2D eigenvalue weighted by Gasteiger charge is -2.13. The first-order valence-corrected chi connectivity index (χ1v) is 6.88. The van der Waals surface area contributed by atoms with E-state index in [1.807, 2.05) is 12.1 Å². The molecule has 0 aliphatic carbocycles. The maximum Gasteiger partial charge on any atom is 0.274 e. The zero-order valence-electron chi connectivity index (χ0n) is 11.3. The van der Waals surface area contributed by atoms with Crippen molar-refractivity contribution in [2.24, 2.45) is 5.73 Å². The van der Waals surface area contributed by atoms with Gasteiger partial charge in [-0.25, -0.2) is 4.68 Å². The molecule has 1 aromatic heterocycles. The number of carbonyl (C=O) groups excluding carboxylic acids is 1. The fraction of sp³-hybridized carbons (Fsp3) is 0.286. The minimum atomic E-state index is -0.0706. The van der Waals surface area contributed by atoms with Crippen molar-refractivity contribution in [3.8, 4) is 5.69 Å². The van der Waals surface area contributed by atoms with Crippen LogP contribution in [0.25, 0.3) is 5.69 Å². The van der Waals surface area contributed by atoms with E-state index in [-0.39, 0.29) is 24.4 Å². The van der Waals surface area contributed by atoms with Crippen molar-refractivity contribution in [3.05, 3.63) is 47.2 Å². The molecule has 0 spiro atoms.